The van der Waals surface area contributed by atoms with Gasteiger partial charge in [0.1, 0.15) is 6.23 Å². The Morgan fingerprint density at radius 1 is 0.469 bits per heavy atom. The van der Waals surface area contributed by atoms with Crippen LogP contribution >= 0.6 is 0 Å². The van der Waals surface area contributed by atoms with E-state index in [1.54, 1.807) is 0 Å². The second-order valence-electron chi connectivity index (χ2n) is 15.3. The number of benzene rings is 1. The van der Waals surface area contributed by atoms with Crippen LogP contribution in [0.3, 0.4) is 0 Å². The summed E-state index contributed by atoms with van der Waals surface area (Å²) in [7, 11) is 0. The van der Waals surface area contributed by atoms with Crippen molar-refractivity contribution in [3.8, 4) is 0 Å². The van der Waals surface area contributed by atoms with Crippen molar-refractivity contribution in [2.45, 2.75) is 232 Å². The quantitative estimate of drug-likeness (QED) is 0.0506. The van der Waals surface area contributed by atoms with Crippen LogP contribution < -0.4 is 0 Å². The normalized spacial score (nSPS) is 12.2. The average molecular weight is 682 g/mol. The Balaban J connectivity index is 2.28. The van der Waals surface area contributed by atoms with E-state index in [1.165, 1.54) is 217 Å². The van der Waals surface area contributed by atoms with Crippen molar-refractivity contribution in [2.75, 3.05) is 19.7 Å². The van der Waals surface area contributed by atoms with Crippen LogP contribution in [0.5, 0.6) is 0 Å². The summed E-state index contributed by atoms with van der Waals surface area (Å²) in [6, 6.07) is 8.73. The van der Waals surface area contributed by atoms with Crippen molar-refractivity contribution in [2.24, 2.45) is 0 Å². The molecule has 0 amide bonds. The Morgan fingerprint density at radius 3 is 1.08 bits per heavy atom. The molecule has 1 aromatic carbocycles. The first-order valence-corrected chi connectivity index (χ1v) is 22.3. The van der Waals surface area contributed by atoms with E-state index in [2.05, 4.69) is 56.5 Å². The maximum atomic E-state index is 6.47. The minimum absolute atomic E-state index is 0.0341. The first kappa shape index (κ1) is 45.9. The summed E-state index contributed by atoms with van der Waals surface area (Å²) >= 11 is 0. The zero-order valence-corrected chi connectivity index (χ0v) is 33.8. The first-order chi connectivity index (χ1) is 24.3. The van der Waals surface area contributed by atoms with Crippen LogP contribution in [-0.4, -0.2) is 24.6 Å². The zero-order chi connectivity index (χ0) is 35.3. The first-order valence-electron chi connectivity index (χ1n) is 22.3. The van der Waals surface area contributed by atoms with E-state index in [1.807, 2.05) is 6.08 Å². The minimum atomic E-state index is 0.0341. The molecule has 0 aliphatic rings. The molecule has 0 fully saturated rings. The fourth-order valence-corrected chi connectivity index (χ4v) is 7.54. The lowest BCUT2D eigenvalue weighted by molar-refractivity contribution is -0.0593. The van der Waals surface area contributed by atoms with Crippen molar-refractivity contribution < 1.29 is 4.74 Å². The third-order valence-electron chi connectivity index (χ3n) is 10.7. The van der Waals surface area contributed by atoms with Crippen LogP contribution in [-0.2, 0) is 4.74 Å². The lowest BCUT2D eigenvalue weighted by atomic mass is 10.0. The summed E-state index contributed by atoms with van der Waals surface area (Å²) in [6.45, 7) is 13.9. The lowest BCUT2D eigenvalue weighted by Crippen LogP contribution is -2.33. The monoisotopic (exact) mass is 682 g/mol. The molecule has 49 heavy (non-hydrogen) atoms. The Bertz CT molecular complexity index is 769. The van der Waals surface area contributed by atoms with Crippen LogP contribution in [0.1, 0.15) is 244 Å². The van der Waals surface area contributed by atoms with Crippen molar-refractivity contribution in [3.63, 3.8) is 0 Å². The molecule has 286 valence electrons. The highest BCUT2D eigenvalue weighted by atomic mass is 16.5. The smallest absolute Gasteiger partial charge is 0.137 e. The van der Waals surface area contributed by atoms with Gasteiger partial charge < -0.3 is 4.74 Å². The molecule has 1 unspecified atom stereocenters. The average Bonchev–Trinajstić information content (AvgIpc) is 3.12. The van der Waals surface area contributed by atoms with E-state index in [0.717, 1.165) is 19.7 Å². The highest BCUT2D eigenvalue weighted by Gasteiger charge is 2.22. The van der Waals surface area contributed by atoms with Gasteiger partial charge in [0.2, 0.25) is 0 Å². The Kier molecular flexibility index (Phi) is 34.3. The molecule has 2 nitrogen and oxygen atoms in total. The van der Waals surface area contributed by atoms with E-state index in [0.29, 0.717) is 0 Å². The molecule has 0 heterocycles. The summed E-state index contributed by atoms with van der Waals surface area (Å²) < 4.78 is 6.47. The highest BCUT2D eigenvalue weighted by Crippen LogP contribution is 2.28. The number of hydrogen-bond acceptors (Lipinski definition) is 2. The van der Waals surface area contributed by atoms with Gasteiger partial charge in [0, 0.05) is 25.3 Å². The molecular weight excluding hydrogens is 595 g/mol. The summed E-state index contributed by atoms with van der Waals surface area (Å²) in [6.07, 6.45) is 47.4. The SMILES string of the molecule is C=Cc1ccccc1C(OCC)N(CCCCCCCCCCCCCCCCCC)CCCCCCCCCCCCCCCCCC. The molecule has 1 atom stereocenters. The topological polar surface area (TPSA) is 12.5 Å². The van der Waals surface area contributed by atoms with E-state index in [4.69, 9.17) is 4.74 Å². The highest BCUT2D eigenvalue weighted by molar-refractivity contribution is 5.52. The molecule has 1 aromatic rings. The third-order valence-corrected chi connectivity index (χ3v) is 10.7. The standard InChI is InChI=1S/C47H87NO/c1-5-9-11-13-15-17-19-21-23-25-27-29-31-33-35-39-43-48(47(49-8-4)46-42-38-37-41-45(46)7-3)44-40-36-34-32-30-28-26-24-22-20-18-16-14-12-10-6-2/h7,37-38,41-42,47H,3,5-6,8-36,39-40,43-44H2,1-2,4H3. The molecule has 0 N–H and O–H groups in total. The van der Waals surface area contributed by atoms with Crippen LogP contribution in [0.4, 0.5) is 0 Å². The molecule has 1 rings (SSSR count). The zero-order valence-electron chi connectivity index (χ0n) is 33.8. The minimum Gasteiger partial charge on any atom is -0.359 e. The summed E-state index contributed by atoms with van der Waals surface area (Å²) in [4.78, 5) is 2.65. The van der Waals surface area contributed by atoms with Gasteiger partial charge >= 0.3 is 0 Å². The van der Waals surface area contributed by atoms with E-state index >= 15 is 0 Å². The van der Waals surface area contributed by atoms with E-state index in [9.17, 15) is 0 Å². The van der Waals surface area contributed by atoms with Crippen LogP contribution in [0.15, 0.2) is 30.8 Å². The predicted octanol–water partition coefficient (Wildman–Crippen LogP) is 16.2. The van der Waals surface area contributed by atoms with Gasteiger partial charge in [-0.3, -0.25) is 4.90 Å². The molecular formula is C47H87NO. The van der Waals surface area contributed by atoms with Gasteiger partial charge in [0.25, 0.3) is 0 Å². The third kappa shape index (κ3) is 27.2. The maximum absolute atomic E-state index is 6.47. The summed E-state index contributed by atoms with van der Waals surface area (Å²) in [5, 5.41) is 0. The molecule has 0 aliphatic heterocycles. The van der Waals surface area contributed by atoms with Gasteiger partial charge in [-0.2, -0.15) is 0 Å². The summed E-state index contributed by atoms with van der Waals surface area (Å²) in [5.41, 5.74) is 2.50. The van der Waals surface area contributed by atoms with Gasteiger partial charge in [-0.25, -0.2) is 0 Å². The Morgan fingerprint density at radius 2 is 0.776 bits per heavy atom. The molecule has 0 aliphatic carbocycles. The predicted molar refractivity (Wildman–Crippen MR) is 222 cm³/mol. The number of ether oxygens (including phenoxy) is 1. The van der Waals surface area contributed by atoms with E-state index in [-0.39, 0.29) is 6.23 Å². The summed E-state index contributed by atoms with van der Waals surface area (Å²) in [5.74, 6) is 0. The number of nitrogens with zero attached hydrogens (tertiary/aromatic N) is 1. The molecule has 0 radical (unpaired) electrons. The van der Waals surface area contributed by atoms with Crippen LogP contribution in [0.2, 0.25) is 0 Å². The van der Waals surface area contributed by atoms with E-state index < -0.39 is 0 Å². The fraction of sp³-hybridized carbons (Fsp3) is 0.830. The maximum Gasteiger partial charge on any atom is 0.137 e. The second kappa shape index (κ2) is 36.7. The van der Waals surface area contributed by atoms with Gasteiger partial charge in [-0.05, 0) is 25.3 Å². The van der Waals surface area contributed by atoms with Gasteiger partial charge in [-0.15, -0.1) is 0 Å². The van der Waals surface area contributed by atoms with Gasteiger partial charge in [0.05, 0.1) is 0 Å². The Hall–Kier alpha value is -1.12. The second-order valence-corrected chi connectivity index (χ2v) is 15.3. The molecule has 0 bridgehead atoms. The van der Waals surface area contributed by atoms with Gasteiger partial charge in [0.15, 0.2) is 0 Å². The van der Waals surface area contributed by atoms with Crippen molar-refractivity contribution in [3.05, 3.63) is 42.0 Å². The molecule has 0 saturated heterocycles. The van der Waals surface area contributed by atoms with Crippen molar-refractivity contribution >= 4 is 6.08 Å². The van der Waals surface area contributed by atoms with Gasteiger partial charge in [-0.1, -0.05) is 243 Å². The molecule has 0 spiro atoms. The largest absolute Gasteiger partial charge is 0.359 e. The van der Waals surface area contributed by atoms with Crippen LogP contribution in [0, 0.1) is 0 Å². The fourth-order valence-electron chi connectivity index (χ4n) is 7.54. The number of unbranched alkanes of at least 4 members (excludes halogenated alkanes) is 30. The van der Waals surface area contributed by atoms with Crippen molar-refractivity contribution in [1.82, 2.24) is 4.90 Å². The Labute approximate surface area is 309 Å². The lowest BCUT2D eigenvalue weighted by Gasteiger charge is -2.33. The number of hydrogen-bond donors (Lipinski definition) is 0. The van der Waals surface area contributed by atoms with Crippen LogP contribution in [0.25, 0.3) is 6.08 Å². The number of rotatable bonds is 39. The van der Waals surface area contributed by atoms with Crippen molar-refractivity contribution in [1.29, 1.82) is 0 Å². The molecule has 2 heteroatoms. The molecule has 0 aromatic heterocycles. The molecule has 0 saturated carbocycles.